The molecule has 1 saturated carbocycles. The van der Waals surface area contributed by atoms with Crippen LogP contribution in [0.3, 0.4) is 0 Å². The number of aromatic hydroxyl groups is 1. The van der Waals surface area contributed by atoms with Crippen LogP contribution in [0.25, 0.3) is 0 Å². The van der Waals surface area contributed by atoms with Gasteiger partial charge in [-0.15, -0.1) is 0 Å². The van der Waals surface area contributed by atoms with E-state index in [1.807, 2.05) is 0 Å². The van der Waals surface area contributed by atoms with Crippen molar-refractivity contribution in [2.75, 3.05) is 29.0 Å². The van der Waals surface area contributed by atoms with Crippen molar-refractivity contribution < 1.29 is 13.9 Å². The largest absolute Gasteiger partial charge is 0.503 e. The third-order valence-electron chi connectivity index (χ3n) is 6.52. The van der Waals surface area contributed by atoms with Crippen molar-refractivity contribution in [1.29, 1.82) is 0 Å². The molecule has 1 aromatic carbocycles. The van der Waals surface area contributed by atoms with Crippen molar-refractivity contribution in [2.24, 2.45) is 5.92 Å². The van der Waals surface area contributed by atoms with Crippen LogP contribution in [0.5, 0.6) is 5.75 Å². The molecule has 0 radical (unpaired) electrons. The summed E-state index contributed by atoms with van der Waals surface area (Å²) in [7, 11) is 0. The number of phenolic OH excluding ortho intramolecular Hbond substituents is 1. The number of hydrogen-bond donors (Lipinski definition) is 5. The summed E-state index contributed by atoms with van der Waals surface area (Å²) in [5.74, 6) is -1.57. The molecule has 1 saturated heterocycles. The van der Waals surface area contributed by atoms with Gasteiger partial charge in [-0.1, -0.05) is 26.2 Å². The maximum absolute atomic E-state index is 13.8. The van der Waals surface area contributed by atoms with Gasteiger partial charge in [-0.05, 0) is 44.6 Å². The van der Waals surface area contributed by atoms with E-state index in [-0.39, 0.29) is 17.7 Å². The van der Waals surface area contributed by atoms with Crippen LogP contribution in [0.1, 0.15) is 58.3 Å². The number of hydrogen-bond acceptors (Lipinski definition) is 8. The number of nitrogens with zero attached hydrogens (tertiary/aromatic N) is 3. The molecule has 0 spiro atoms. The fourth-order valence-corrected chi connectivity index (χ4v) is 4.68. The van der Waals surface area contributed by atoms with E-state index in [0.717, 1.165) is 44.5 Å². The van der Waals surface area contributed by atoms with Crippen LogP contribution in [0.15, 0.2) is 12.1 Å². The van der Waals surface area contributed by atoms with Crippen LogP contribution in [-0.4, -0.2) is 45.2 Å². The molecule has 2 aliphatic rings. The van der Waals surface area contributed by atoms with Crippen LogP contribution >= 0.6 is 0 Å². The highest BCUT2D eigenvalue weighted by Gasteiger charge is 2.24. The summed E-state index contributed by atoms with van der Waals surface area (Å²) in [6.07, 6.45) is 9.27. The molecule has 2 heterocycles. The highest BCUT2D eigenvalue weighted by Crippen LogP contribution is 2.27. The maximum atomic E-state index is 13.8. The molecule has 2 fully saturated rings. The first kappa shape index (κ1) is 23.4. The van der Waals surface area contributed by atoms with Gasteiger partial charge in [0.25, 0.3) is 0 Å². The Labute approximate surface area is 193 Å². The lowest BCUT2D eigenvalue weighted by atomic mass is 9.89. The topological polar surface area (TPSA) is 107 Å². The Morgan fingerprint density at radius 1 is 1.00 bits per heavy atom. The van der Waals surface area contributed by atoms with E-state index in [4.69, 9.17) is 0 Å². The van der Waals surface area contributed by atoms with Crippen LogP contribution in [0, 0.1) is 17.6 Å². The number of aromatic nitrogens is 3. The van der Waals surface area contributed by atoms with E-state index in [0.29, 0.717) is 23.9 Å². The second-order valence-electron chi connectivity index (χ2n) is 8.97. The predicted octanol–water partition coefficient (Wildman–Crippen LogP) is 4.53. The molecule has 5 N–H and O–H groups in total. The zero-order valence-electron chi connectivity index (χ0n) is 19.0. The van der Waals surface area contributed by atoms with Gasteiger partial charge in [-0.3, -0.25) is 0 Å². The molecular weight excluding hydrogens is 428 g/mol. The van der Waals surface area contributed by atoms with Gasteiger partial charge in [0.1, 0.15) is 0 Å². The second kappa shape index (κ2) is 10.9. The molecular formula is C23H33F2N7O. The summed E-state index contributed by atoms with van der Waals surface area (Å²) < 4.78 is 27.6. The van der Waals surface area contributed by atoms with Crippen LogP contribution in [0.2, 0.25) is 0 Å². The zero-order chi connectivity index (χ0) is 23.2. The third kappa shape index (κ3) is 6.19. The first-order valence-corrected chi connectivity index (χ1v) is 12.0. The fraction of sp³-hybridized carbons (Fsp3) is 0.609. The van der Waals surface area contributed by atoms with E-state index in [9.17, 15) is 13.9 Å². The molecule has 1 aromatic heterocycles. The molecule has 2 atom stereocenters. The molecule has 2 aromatic rings. The van der Waals surface area contributed by atoms with Crippen molar-refractivity contribution in [2.45, 2.75) is 70.4 Å². The first-order valence-electron chi connectivity index (χ1n) is 12.0. The van der Waals surface area contributed by atoms with Gasteiger partial charge >= 0.3 is 0 Å². The van der Waals surface area contributed by atoms with Gasteiger partial charge in [-0.2, -0.15) is 15.0 Å². The molecule has 4 rings (SSSR count). The Hall–Kier alpha value is -2.75. The zero-order valence-corrected chi connectivity index (χ0v) is 19.0. The molecule has 10 heteroatoms. The molecule has 8 nitrogen and oxygen atoms in total. The van der Waals surface area contributed by atoms with Gasteiger partial charge in [-0.25, -0.2) is 8.78 Å². The Bertz CT molecular complexity index is 910. The number of benzene rings is 1. The Morgan fingerprint density at radius 3 is 2.36 bits per heavy atom. The highest BCUT2D eigenvalue weighted by molar-refractivity contribution is 5.57. The molecule has 0 bridgehead atoms. The highest BCUT2D eigenvalue weighted by atomic mass is 19.1. The maximum Gasteiger partial charge on any atom is 0.233 e. The minimum absolute atomic E-state index is 0.0997. The molecule has 180 valence electrons. The standard InChI is InChI=1S/C23H33F2N7O/c1-2-18(19-9-6-10-26-19)29-23-31-21(27-13-14-7-4-3-5-8-14)30-22(32-23)28-15-11-16(24)20(33)17(25)12-15/h11-12,14,18-19,26,33H,2-10,13H2,1H3,(H3,27,28,29,30,31,32). The monoisotopic (exact) mass is 461 g/mol. The van der Waals surface area contributed by atoms with E-state index in [1.54, 1.807) is 0 Å². The molecule has 2 unspecified atom stereocenters. The lowest BCUT2D eigenvalue weighted by Gasteiger charge is -2.24. The second-order valence-corrected chi connectivity index (χ2v) is 8.97. The van der Waals surface area contributed by atoms with Gasteiger partial charge in [0.2, 0.25) is 17.8 Å². The summed E-state index contributed by atoms with van der Waals surface area (Å²) in [6, 6.07) is 2.49. The van der Waals surface area contributed by atoms with Crippen molar-refractivity contribution in [3.63, 3.8) is 0 Å². The summed E-state index contributed by atoms with van der Waals surface area (Å²) in [5.41, 5.74) is 0.0997. The summed E-state index contributed by atoms with van der Waals surface area (Å²) in [6.45, 7) is 3.88. The number of anilines is 4. The minimum atomic E-state index is -1.06. The Kier molecular flexibility index (Phi) is 7.74. The van der Waals surface area contributed by atoms with E-state index in [2.05, 4.69) is 43.1 Å². The SMILES string of the molecule is CCC(Nc1nc(NCC2CCCCC2)nc(Nc2cc(F)c(O)c(F)c2)n1)C1CCCN1. The van der Waals surface area contributed by atoms with Gasteiger partial charge < -0.3 is 26.4 Å². The normalized spacial score (nSPS) is 19.9. The average molecular weight is 462 g/mol. The van der Waals surface area contributed by atoms with Gasteiger partial charge in [0.05, 0.1) is 0 Å². The molecule has 1 aliphatic heterocycles. The van der Waals surface area contributed by atoms with Gasteiger partial charge in [0, 0.05) is 36.4 Å². The number of nitrogens with one attached hydrogen (secondary N) is 4. The van der Waals surface area contributed by atoms with E-state index in [1.165, 1.54) is 32.1 Å². The van der Waals surface area contributed by atoms with E-state index >= 15 is 0 Å². The molecule has 0 amide bonds. The number of halogens is 2. The summed E-state index contributed by atoms with van der Waals surface area (Å²) >= 11 is 0. The third-order valence-corrected chi connectivity index (χ3v) is 6.52. The van der Waals surface area contributed by atoms with Crippen LogP contribution < -0.4 is 21.3 Å². The van der Waals surface area contributed by atoms with Crippen LogP contribution in [0.4, 0.5) is 32.3 Å². The van der Waals surface area contributed by atoms with E-state index < -0.39 is 17.4 Å². The predicted molar refractivity (Wildman–Crippen MR) is 125 cm³/mol. The van der Waals surface area contributed by atoms with Crippen molar-refractivity contribution in [1.82, 2.24) is 20.3 Å². The molecule has 33 heavy (non-hydrogen) atoms. The van der Waals surface area contributed by atoms with Gasteiger partial charge in [0.15, 0.2) is 17.4 Å². The van der Waals surface area contributed by atoms with Crippen LogP contribution in [-0.2, 0) is 0 Å². The lowest BCUT2D eigenvalue weighted by molar-refractivity contribution is 0.373. The van der Waals surface area contributed by atoms with Crippen molar-refractivity contribution >= 4 is 23.5 Å². The van der Waals surface area contributed by atoms with Crippen molar-refractivity contribution in [3.05, 3.63) is 23.8 Å². The Balaban J connectivity index is 1.54. The smallest absolute Gasteiger partial charge is 0.233 e. The average Bonchev–Trinajstić information content (AvgIpc) is 3.35. The Morgan fingerprint density at radius 2 is 1.70 bits per heavy atom. The number of phenols is 1. The fourth-order valence-electron chi connectivity index (χ4n) is 4.68. The minimum Gasteiger partial charge on any atom is -0.503 e. The summed E-state index contributed by atoms with van der Waals surface area (Å²) in [5, 5.41) is 22.5. The lowest BCUT2D eigenvalue weighted by Crippen LogP contribution is -2.40. The quantitative estimate of drug-likeness (QED) is 0.347. The summed E-state index contributed by atoms with van der Waals surface area (Å²) in [4.78, 5) is 13.4. The number of rotatable bonds is 9. The van der Waals surface area contributed by atoms with Crippen molar-refractivity contribution in [3.8, 4) is 5.75 Å². The first-order chi connectivity index (χ1) is 16.0. The molecule has 1 aliphatic carbocycles.